The monoisotopic (exact) mass is 239 g/mol. The zero-order valence-corrected chi connectivity index (χ0v) is 10.8. The fourth-order valence-corrected chi connectivity index (χ4v) is 3.29. The predicted molar refractivity (Wildman–Crippen MR) is 71.1 cm³/mol. The molecule has 1 aliphatic rings. The van der Waals surface area contributed by atoms with E-state index in [2.05, 4.69) is 39.8 Å². The summed E-state index contributed by atoms with van der Waals surface area (Å²) in [5.74, 6) is 4.54. The molecule has 0 amide bonds. The average Bonchev–Trinajstić information content (AvgIpc) is 2.76. The lowest BCUT2D eigenvalue weighted by Gasteiger charge is -2.21. The van der Waals surface area contributed by atoms with Crippen molar-refractivity contribution in [1.82, 2.24) is 9.55 Å². The molecule has 0 spiro atoms. The molecule has 0 unspecified atom stereocenters. The van der Waals surface area contributed by atoms with Gasteiger partial charge < -0.3 is 9.88 Å². The fourth-order valence-electron chi connectivity index (χ4n) is 2.08. The third kappa shape index (κ3) is 3.17. The first-order chi connectivity index (χ1) is 7.90. The summed E-state index contributed by atoms with van der Waals surface area (Å²) < 4.78 is 2.21. The molecule has 16 heavy (non-hydrogen) atoms. The number of aryl methyl sites for hydroxylation is 1. The Bertz CT molecular complexity index is 305. The van der Waals surface area contributed by atoms with Gasteiger partial charge in [0, 0.05) is 25.5 Å². The minimum absolute atomic E-state index is 0.841. The Morgan fingerprint density at radius 3 is 3.06 bits per heavy atom. The second-order valence-corrected chi connectivity index (χ2v) is 5.61. The number of nitrogens with zero attached hydrogens (tertiary/aromatic N) is 2. The molecule has 1 N–H and O–H groups in total. The van der Waals surface area contributed by atoms with E-state index in [1.165, 1.54) is 24.3 Å². The highest BCUT2D eigenvalue weighted by Gasteiger charge is 2.14. The van der Waals surface area contributed by atoms with E-state index in [0.717, 1.165) is 31.4 Å². The van der Waals surface area contributed by atoms with Crippen molar-refractivity contribution < 1.29 is 0 Å². The molecular weight excluding hydrogens is 218 g/mol. The lowest BCUT2D eigenvalue weighted by atomic mass is 10.0. The number of aromatic nitrogens is 2. The molecule has 4 heteroatoms. The van der Waals surface area contributed by atoms with Crippen LogP contribution in [-0.2, 0) is 6.54 Å². The lowest BCUT2D eigenvalue weighted by molar-refractivity contribution is 0.512. The highest BCUT2D eigenvalue weighted by atomic mass is 32.2. The van der Waals surface area contributed by atoms with E-state index in [9.17, 15) is 0 Å². The van der Waals surface area contributed by atoms with Crippen LogP contribution in [0.1, 0.15) is 26.2 Å². The van der Waals surface area contributed by atoms with E-state index >= 15 is 0 Å². The molecule has 0 aliphatic carbocycles. The van der Waals surface area contributed by atoms with E-state index in [4.69, 9.17) is 0 Å². The van der Waals surface area contributed by atoms with Crippen LogP contribution in [0.15, 0.2) is 12.4 Å². The Balaban J connectivity index is 1.81. The Morgan fingerprint density at radius 1 is 1.50 bits per heavy atom. The van der Waals surface area contributed by atoms with Gasteiger partial charge in [-0.1, -0.05) is 6.92 Å². The molecule has 0 bridgehead atoms. The highest BCUT2D eigenvalue weighted by molar-refractivity contribution is 7.99. The summed E-state index contributed by atoms with van der Waals surface area (Å²) in [6.07, 6.45) is 7.81. The van der Waals surface area contributed by atoms with Crippen molar-refractivity contribution in [2.75, 3.05) is 23.4 Å². The summed E-state index contributed by atoms with van der Waals surface area (Å²) in [4.78, 5) is 4.37. The summed E-state index contributed by atoms with van der Waals surface area (Å²) in [6, 6.07) is 0. The second-order valence-electron chi connectivity index (χ2n) is 4.38. The predicted octanol–water partition coefficient (Wildman–Crippen LogP) is 2.85. The SMILES string of the molecule is CCCn1ccnc1NCC1CCSCC1. The molecule has 1 saturated heterocycles. The van der Waals surface area contributed by atoms with Gasteiger partial charge in [0.25, 0.3) is 0 Å². The van der Waals surface area contributed by atoms with Crippen molar-refractivity contribution in [2.45, 2.75) is 32.7 Å². The first-order valence-corrected chi connectivity index (χ1v) is 7.38. The Kier molecular flexibility index (Phi) is 4.57. The van der Waals surface area contributed by atoms with Crippen LogP contribution in [0.3, 0.4) is 0 Å². The molecule has 0 saturated carbocycles. The van der Waals surface area contributed by atoms with Gasteiger partial charge in [-0.05, 0) is 36.7 Å². The molecule has 0 radical (unpaired) electrons. The maximum absolute atomic E-state index is 4.37. The van der Waals surface area contributed by atoms with Gasteiger partial charge in [-0.2, -0.15) is 11.8 Å². The van der Waals surface area contributed by atoms with Crippen molar-refractivity contribution in [3.8, 4) is 0 Å². The maximum atomic E-state index is 4.37. The number of imidazole rings is 1. The van der Waals surface area contributed by atoms with E-state index in [1.54, 1.807) is 0 Å². The number of rotatable bonds is 5. The van der Waals surface area contributed by atoms with Crippen LogP contribution in [0.2, 0.25) is 0 Å². The highest BCUT2D eigenvalue weighted by Crippen LogP contribution is 2.22. The smallest absolute Gasteiger partial charge is 0.202 e. The van der Waals surface area contributed by atoms with Gasteiger partial charge in [0.15, 0.2) is 0 Å². The second kappa shape index (κ2) is 6.18. The van der Waals surface area contributed by atoms with Crippen molar-refractivity contribution in [2.24, 2.45) is 5.92 Å². The van der Waals surface area contributed by atoms with Crippen LogP contribution in [0.5, 0.6) is 0 Å². The van der Waals surface area contributed by atoms with Crippen LogP contribution in [-0.4, -0.2) is 27.6 Å². The number of thioether (sulfide) groups is 1. The van der Waals surface area contributed by atoms with Gasteiger partial charge in [0.1, 0.15) is 0 Å². The first kappa shape index (κ1) is 11.8. The van der Waals surface area contributed by atoms with Gasteiger partial charge in [-0.15, -0.1) is 0 Å². The topological polar surface area (TPSA) is 29.9 Å². The van der Waals surface area contributed by atoms with Gasteiger partial charge in [-0.25, -0.2) is 4.98 Å². The summed E-state index contributed by atoms with van der Waals surface area (Å²) >= 11 is 2.08. The normalized spacial score (nSPS) is 17.6. The number of nitrogens with one attached hydrogen (secondary N) is 1. The van der Waals surface area contributed by atoms with E-state index in [1.807, 2.05) is 6.20 Å². The molecule has 1 aliphatic heterocycles. The lowest BCUT2D eigenvalue weighted by Crippen LogP contribution is -2.20. The molecule has 90 valence electrons. The van der Waals surface area contributed by atoms with Crippen molar-refractivity contribution in [3.63, 3.8) is 0 Å². The molecule has 1 aromatic heterocycles. The molecule has 1 fully saturated rings. The maximum Gasteiger partial charge on any atom is 0.202 e. The third-order valence-electron chi connectivity index (χ3n) is 3.07. The summed E-state index contributed by atoms with van der Waals surface area (Å²) in [5, 5.41) is 3.49. The molecule has 2 heterocycles. The minimum atomic E-state index is 0.841. The van der Waals surface area contributed by atoms with Crippen LogP contribution in [0, 0.1) is 5.92 Å². The quantitative estimate of drug-likeness (QED) is 0.857. The largest absolute Gasteiger partial charge is 0.355 e. The summed E-state index contributed by atoms with van der Waals surface area (Å²) in [6.45, 7) is 4.34. The third-order valence-corrected chi connectivity index (χ3v) is 4.12. The van der Waals surface area contributed by atoms with E-state index in [-0.39, 0.29) is 0 Å². The number of hydrogen-bond donors (Lipinski definition) is 1. The van der Waals surface area contributed by atoms with Crippen LogP contribution < -0.4 is 5.32 Å². The Morgan fingerprint density at radius 2 is 2.31 bits per heavy atom. The Labute approximate surface area is 102 Å². The van der Waals surface area contributed by atoms with Gasteiger partial charge in [0.2, 0.25) is 5.95 Å². The molecule has 0 aromatic carbocycles. The zero-order chi connectivity index (χ0) is 11.2. The average molecular weight is 239 g/mol. The number of hydrogen-bond acceptors (Lipinski definition) is 3. The van der Waals surface area contributed by atoms with E-state index in [0.29, 0.717) is 0 Å². The molecule has 2 rings (SSSR count). The van der Waals surface area contributed by atoms with Crippen molar-refractivity contribution in [3.05, 3.63) is 12.4 Å². The number of anilines is 1. The van der Waals surface area contributed by atoms with Gasteiger partial charge in [-0.3, -0.25) is 0 Å². The minimum Gasteiger partial charge on any atom is -0.355 e. The Hall–Kier alpha value is -0.640. The van der Waals surface area contributed by atoms with Crippen LogP contribution >= 0.6 is 11.8 Å². The standard InChI is InChI=1S/C12H21N3S/c1-2-6-15-7-5-13-12(15)14-10-11-3-8-16-9-4-11/h5,7,11H,2-4,6,8-10H2,1H3,(H,13,14). The molecular formula is C12H21N3S. The first-order valence-electron chi connectivity index (χ1n) is 6.23. The van der Waals surface area contributed by atoms with Gasteiger partial charge in [0.05, 0.1) is 0 Å². The zero-order valence-electron chi connectivity index (χ0n) is 9.98. The fraction of sp³-hybridized carbons (Fsp3) is 0.750. The van der Waals surface area contributed by atoms with Crippen LogP contribution in [0.25, 0.3) is 0 Å². The summed E-state index contributed by atoms with van der Waals surface area (Å²) in [7, 11) is 0. The molecule has 1 aromatic rings. The van der Waals surface area contributed by atoms with Crippen LogP contribution in [0.4, 0.5) is 5.95 Å². The van der Waals surface area contributed by atoms with Gasteiger partial charge >= 0.3 is 0 Å². The summed E-state index contributed by atoms with van der Waals surface area (Å²) in [5.41, 5.74) is 0. The molecule has 0 atom stereocenters. The molecule has 3 nitrogen and oxygen atoms in total. The van der Waals surface area contributed by atoms with Crippen molar-refractivity contribution in [1.29, 1.82) is 0 Å². The van der Waals surface area contributed by atoms with E-state index < -0.39 is 0 Å². The van der Waals surface area contributed by atoms with Crippen molar-refractivity contribution >= 4 is 17.7 Å².